The summed E-state index contributed by atoms with van der Waals surface area (Å²) in [6.07, 6.45) is 0. The lowest BCUT2D eigenvalue weighted by molar-refractivity contribution is 0.275. The van der Waals surface area contributed by atoms with Gasteiger partial charge in [0.2, 0.25) is 5.89 Å². The van der Waals surface area contributed by atoms with Crippen LogP contribution >= 0.6 is 0 Å². The van der Waals surface area contributed by atoms with Gasteiger partial charge in [-0.05, 0) is 26.0 Å². The SMILES string of the molecule is Cc1ccc(-c2nc(CO)c(C)o2)cc1. The summed E-state index contributed by atoms with van der Waals surface area (Å²) in [5.41, 5.74) is 2.73. The zero-order chi connectivity index (χ0) is 10.8. The summed E-state index contributed by atoms with van der Waals surface area (Å²) in [4.78, 5) is 4.21. The highest BCUT2D eigenvalue weighted by atomic mass is 16.4. The van der Waals surface area contributed by atoms with Crippen molar-refractivity contribution in [3.63, 3.8) is 0 Å². The van der Waals surface area contributed by atoms with E-state index in [0.29, 0.717) is 17.3 Å². The second-order valence-electron chi connectivity index (χ2n) is 3.55. The fraction of sp³-hybridized carbons (Fsp3) is 0.250. The van der Waals surface area contributed by atoms with E-state index in [9.17, 15) is 0 Å². The lowest BCUT2D eigenvalue weighted by atomic mass is 10.1. The molecule has 15 heavy (non-hydrogen) atoms. The van der Waals surface area contributed by atoms with Crippen LogP contribution in [0.1, 0.15) is 17.0 Å². The summed E-state index contributed by atoms with van der Waals surface area (Å²) in [6, 6.07) is 7.94. The Morgan fingerprint density at radius 3 is 2.40 bits per heavy atom. The smallest absolute Gasteiger partial charge is 0.226 e. The van der Waals surface area contributed by atoms with E-state index in [1.165, 1.54) is 5.56 Å². The molecular formula is C12H13NO2. The third-order valence-corrected chi connectivity index (χ3v) is 2.34. The zero-order valence-corrected chi connectivity index (χ0v) is 8.82. The second-order valence-corrected chi connectivity index (χ2v) is 3.55. The number of hydrogen-bond acceptors (Lipinski definition) is 3. The van der Waals surface area contributed by atoms with Crippen molar-refractivity contribution in [3.8, 4) is 11.5 Å². The van der Waals surface area contributed by atoms with Crippen molar-refractivity contribution in [2.45, 2.75) is 20.5 Å². The van der Waals surface area contributed by atoms with E-state index in [-0.39, 0.29) is 6.61 Å². The van der Waals surface area contributed by atoms with Gasteiger partial charge >= 0.3 is 0 Å². The quantitative estimate of drug-likeness (QED) is 0.815. The molecule has 1 heterocycles. The van der Waals surface area contributed by atoms with Gasteiger partial charge in [-0.3, -0.25) is 0 Å². The Balaban J connectivity index is 2.41. The Morgan fingerprint density at radius 1 is 1.20 bits per heavy atom. The van der Waals surface area contributed by atoms with Crippen LogP contribution < -0.4 is 0 Å². The Hall–Kier alpha value is -1.61. The number of oxazole rings is 1. The van der Waals surface area contributed by atoms with E-state index in [0.717, 1.165) is 5.56 Å². The first-order valence-corrected chi connectivity index (χ1v) is 4.85. The fourth-order valence-electron chi connectivity index (χ4n) is 1.39. The van der Waals surface area contributed by atoms with E-state index in [1.54, 1.807) is 6.92 Å². The molecule has 2 aromatic rings. The molecule has 0 saturated carbocycles. The molecule has 0 saturated heterocycles. The van der Waals surface area contributed by atoms with Crippen molar-refractivity contribution in [1.29, 1.82) is 0 Å². The standard InChI is InChI=1S/C12H13NO2/c1-8-3-5-10(6-4-8)12-13-11(7-14)9(2)15-12/h3-6,14H,7H2,1-2H3. The lowest BCUT2D eigenvalue weighted by Gasteiger charge is -1.95. The number of aliphatic hydroxyl groups is 1. The predicted octanol–water partition coefficient (Wildman–Crippen LogP) is 2.45. The molecule has 3 heteroatoms. The van der Waals surface area contributed by atoms with Crippen LogP contribution in [0, 0.1) is 13.8 Å². The maximum absolute atomic E-state index is 9.00. The van der Waals surface area contributed by atoms with Crippen LogP contribution in [0.15, 0.2) is 28.7 Å². The molecule has 0 aliphatic rings. The highest BCUT2D eigenvalue weighted by Crippen LogP contribution is 2.21. The van der Waals surface area contributed by atoms with Crippen LogP contribution in [0.2, 0.25) is 0 Å². The summed E-state index contributed by atoms with van der Waals surface area (Å²) >= 11 is 0. The summed E-state index contributed by atoms with van der Waals surface area (Å²) in [6.45, 7) is 3.75. The minimum absolute atomic E-state index is 0.0821. The van der Waals surface area contributed by atoms with Crippen molar-refractivity contribution < 1.29 is 9.52 Å². The molecule has 0 spiro atoms. The molecule has 0 radical (unpaired) electrons. The van der Waals surface area contributed by atoms with Crippen molar-refractivity contribution >= 4 is 0 Å². The molecule has 3 nitrogen and oxygen atoms in total. The summed E-state index contributed by atoms with van der Waals surface area (Å²) < 4.78 is 5.46. The average molecular weight is 203 g/mol. The number of aryl methyl sites for hydroxylation is 2. The monoisotopic (exact) mass is 203 g/mol. The van der Waals surface area contributed by atoms with Gasteiger partial charge in [0.25, 0.3) is 0 Å². The molecule has 0 amide bonds. The van der Waals surface area contributed by atoms with E-state index in [2.05, 4.69) is 4.98 Å². The second kappa shape index (κ2) is 3.87. The molecule has 1 N–H and O–H groups in total. The third kappa shape index (κ3) is 1.92. The van der Waals surface area contributed by atoms with Crippen LogP contribution in [-0.4, -0.2) is 10.1 Å². The van der Waals surface area contributed by atoms with Gasteiger partial charge in [-0.2, -0.15) is 0 Å². The first-order valence-electron chi connectivity index (χ1n) is 4.85. The maximum atomic E-state index is 9.00. The highest BCUT2D eigenvalue weighted by molar-refractivity contribution is 5.54. The van der Waals surface area contributed by atoms with Crippen molar-refractivity contribution in [2.75, 3.05) is 0 Å². The fourth-order valence-corrected chi connectivity index (χ4v) is 1.39. The van der Waals surface area contributed by atoms with Crippen molar-refractivity contribution in [1.82, 2.24) is 4.98 Å². The minimum Gasteiger partial charge on any atom is -0.441 e. The zero-order valence-electron chi connectivity index (χ0n) is 8.82. The van der Waals surface area contributed by atoms with Gasteiger partial charge in [0, 0.05) is 5.56 Å². The summed E-state index contributed by atoms with van der Waals surface area (Å²) in [7, 11) is 0. The summed E-state index contributed by atoms with van der Waals surface area (Å²) in [5, 5.41) is 9.00. The van der Waals surface area contributed by atoms with E-state index in [4.69, 9.17) is 9.52 Å². The number of benzene rings is 1. The molecule has 1 aromatic heterocycles. The minimum atomic E-state index is -0.0821. The van der Waals surface area contributed by atoms with Gasteiger partial charge in [-0.15, -0.1) is 0 Å². The summed E-state index contributed by atoms with van der Waals surface area (Å²) in [5.74, 6) is 1.24. The molecule has 2 rings (SSSR count). The van der Waals surface area contributed by atoms with Gasteiger partial charge in [-0.25, -0.2) is 4.98 Å². The van der Waals surface area contributed by atoms with Crippen LogP contribution in [0.3, 0.4) is 0 Å². The predicted molar refractivity (Wildman–Crippen MR) is 57.3 cm³/mol. The van der Waals surface area contributed by atoms with Gasteiger partial charge in [0.15, 0.2) is 0 Å². The topological polar surface area (TPSA) is 46.3 Å². The molecule has 78 valence electrons. The van der Waals surface area contributed by atoms with Gasteiger partial charge < -0.3 is 9.52 Å². The lowest BCUT2D eigenvalue weighted by Crippen LogP contribution is -1.85. The van der Waals surface area contributed by atoms with Gasteiger partial charge in [0.05, 0.1) is 6.61 Å². The molecule has 0 unspecified atom stereocenters. The Labute approximate surface area is 88.4 Å². The van der Waals surface area contributed by atoms with Gasteiger partial charge in [0.1, 0.15) is 11.5 Å². The average Bonchev–Trinajstić information content (AvgIpc) is 2.61. The molecule has 0 aliphatic heterocycles. The Bertz CT molecular complexity index is 457. The normalized spacial score (nSPS) is 10.6. The number of aliphatic hydroxyl groups excluding tert-OH is 1. The van der Waals surface area contributed by atoms with Crippen LogP contribution in [-0.2, 0) is 6.61 Å². The molecule has 0 bridgehead atoms. The Morgan fingerprint density at radius 2 is 1.87 bits per heavy atom. The Kier molecular flexibility index (Phi) is 2.56. The highest BCUT2D eigenvalue weighted by Gasteiger charge is 2.09. The largest absolute Gasteiger partial charge is 0.441 e. The molecule has 0 aliphatic carbocycles. The van der Waals surface area contributed by atoms with Crippen molar-refractivity contribution in [3.05, 3.63) is 41.3 Å². The van der Waals surface area contributed by atoms with E-state index >= 15 is 0 Å². The molecule has 0 atom stereocenters. The van der Waals surface area contributed by atoms with Crippen molar-refractivity contribution in [2.24, 2.45) is 0 Å². The van der Waals surface area contributed by atoms with E-state index in [1.807, 2.05) is 31.2 Å². The maximum Gasteiger partial charge on any atom is 0.226 e. The van der Waals surface area contributed by atoms with Gasteiger partial charge in [-0.1, -0.05) is 17.7 Å². The molecular weight excluding hydrogens is 190 g/mol. The first-order chi connectivity index (χ1) is 7.20. The van der Waals surface area contributed by atoms with Crippen LogP contribution in [0.4, 0.5) is 0 Å². The van der Waals surface area contributed by atoms with Crippen LogP contribution in [0.25, 0.3) is 11.5 Å². The number of nitrogens with zero attached hydrogens (tertiary/aromatic N) is 1. The first kappa shape index (κ1) is 9.93. The number of aromatic nitrogens is 1. The molecule has 0 fully saturated rings. The number of rotatable bonds is 2. The van der Waals surface area contributed by atoms with E-state index < -0.39 is 0 Å². The van der Waals surface area contributed by atoms with Crippen LogP contribution in [0.5, 0.6) is 0 Å². The number of hydrogen-bond donors (Lipinski definition) is 1. The third-order valence-electron chi connectivity index (χ3n) is 2.34. The molecule has 1 aromatic carbocycles.